The monoisotopic (exact) mass is 500 g/mol. The van der Waals surface area contributed by atoms with Gasteiger partial charge in [-0.25, -0.2) is 4.98 Å². The molecule has 0 bridgehead atoms. The van der Waals surface area contributed by atoms with Gasteiger partial charge in [0.1, 0.15) is 5.69 Å². The summed E-state index contributed by atoms with van der Waals surface area (Å²) in [6.07, 6.45) is 5.75. The number of rotatable bonds is 12. The lowest BCUT2D eigenvalue weighted by Gasteiger charge is -2.21. The molecular formula is C30H36N4O3. The number of carbonyl (C=O) groups excluding carboxylic acids is 1. The Labute approximate surface area is 218 Å². The molecule has 0 aliphatic carbocycles. The van der Waals surface area contributed by atoms with E-state index in [1.165, 1.54) is 25.7 Å². The number of amides is 1. The van der Waals surface area contributed by atoms with Gasteiger partial charge in [-0.05, 0) is 69.2 Å². The number of aromatic amines is 1. The van der Waals surface area contributed by atoms with Gasteiger partial charge < -0.3 is 24.7 Å². The number of fused-ring (bicyclic) bond motifs is 4. The number of para-hydroxylation sites is 1. The maximum atomic E-state index is 13.3. The quantitative estimate of drug-likeness (QED) is 0.229. The second-order valence-corrected chi connectivity index (χ2v) is 9.68. The van der Waals surface area contributed by atoms with Crippen LogP contribution in [0.2, 0.25) is 0 Å². The predicted molar refractivity (Wildman–Crippen MR) is 148 cm³/mol. The summed E-state index contributed by atoms with van der Waals surface area (Å²) in [5, 5.41) is 5.16. The van der Waals surface area contributed by atoms with Crippen LogP contribution in [-0.4, -0.2) is 53.7 Å². The number of ether oxygens (including phenoxy) is 2. The zero-order valence-electron chi connectivity index (χ0n) is 21.8. The minimum Gasteiger partial charge on any atom is -0.454 e. The molecule has 0 spiro atoms. The molecule has 194 valence electrons. The third-order valence-electron chi connectivity index (χ3n) is 6.97. The van der Waals surface area contributed by atoms with Crippen molar-refractivity contribution >= 4 is 27.7 Å². The first-order valence-corrected chi connectivity index (χ1v) is 13.5. The summed E-state index contributed by atoms with van der Waals surface area (Å²) in [4.78, 5) is 24.1. The van der Waals surface area contributed by atoms with Crippen LogP contribution in [0, 0.1) is 0 Å². The zero-order chi connectivity index (χ0) is 25.6. The SMILES string of the molecule is CCCCN(CCCC)CCCNC(=O)c1cc2c([nH]c3ccccc32)c(-c2ccc3c(c2)OCO3)n1. The van der Waals surface area contributed by atoms with E-state index >= 15 is 0 Å². The lowest BCUT2D eigenvalue weighted by Crippen LogP contribution is -2.31. The van der Waals surface area contributed by atoms with Crippen molar-refractivity contribution in [1.29, 1.82) is 0 Å². The first-order valence-electron chi connectivity index (χ1n) is 13.5. The van der Waals surface area contributed by atoms with Crippen LogP contribution in [0.25, 0.3) is 33.1 Å². The van der Waals surface area contributed by atoms with E-state index in [1.54, 1.807) is 0 Å². The van der Waals surface area contributed by atoms with Crippen molar-refractivity contribution in [3.05, 3.63) is 54.2 Å². The van der Waals surface area contributed by atoms with Gasteiger partial charge in [0.2, 0.25) is 6.79 Å². The number of hydrogen-bond acceptors (Lipinski definition) is 5. The highest BCUT2D eigenvalue weighted by molar-refractivity contribution is 6.13. The Hall–Kier alpha value is -3.58. The van der Waals surface area contributed by atoms with E-state index in [9.17, 15) is 4.79 Å². The van der Waals surface area contributed by atoms with Crippen LogP contribution in [-0.2, 0) is 0 Å². The van der Waals surface area contributed by atoms with E-state index in [2.05, 4.69) is 35.1 Å². The van der Waals surface area contributed by atoms with Crippen molar-refractivity contribution in [3.63, 3.8) is 0 Å². The normalized spacial score (nSPS) is 12.6. The highest BCUT2D eigenvalue weighted by atomic mass is 16.7. The number of carbonyl (C=O) groups is 1. The molecular weight excluding hydrogens is 464 g/mol. The van der Waals surface area contributed by atoms with E-state index in [0.717, 1.165) is 64.9 Å². The Morgan fingerprint density at radius 2 is 1.70 bits per heavy atom. The number of H-pyrrole nitrogens is 1. The van der Waals surface area contributed by atoms with Gasteiger partial charge in [0.05, 0.1) is 11.2 Å². The van der Waals surface area contributed by atoms with E-state index in [0.29, 0.717) is 18.0 Å². The number of pyridine rings is 1. The first-order chi connectivity index (χ1) is 18.2. The Kier molecular flexibility index (Phi) is 7.90. The van der Waals surface area contributed by atoms with Crippen molar-refractivity contribution in [2.45, 2.75) is 46.0 Å². The van der Waals surface area contributed by atoms with Crippen molar-refractivity contribution in [1.82, 2.24) is 20.2 Å². The number of nitrogens with zero attached hydrogens (tertiary/aromatic N) is 2. The molecule has 2 N–H and O–H groups in total. The summed E-state index contributed by atoms with van der Waals surface area (Å²) in [5.41, 5.74) is 3.93. The smallest absolute Gasteiger partial charge is 0.269 e. The summed E-state index contributed by atoms with van der Waals surface area (Å²) in [5.74, 6) is 1.26. The zero-order valence-corrected chi connectivity index (χ0v) is 21.8. The summed E-state index contributed by atoms with van der Waals surface area (Å²) in [6.45, 7) is 8.55. The van der Waals surface area contributed by atoms with Crippen molar-refractivity contribution < 1.29 is 14.3 Å². The fourth-order valence-corrected chi connectivity index (χ4v) is 4.91. The maximum absolute atomic E-state index is 13.3. The van der Waals surface area contributed by atoms with Gasteiger partial charge in [0.15, 0.2) is 11.5 Å². The Morgan fingerprint density at radius 3 is 2.51 bits per heavy atom. The van der Waals surface area contributed by atoms with Gasteiger partial charge in [-0.1, -0.05) is 44.9 Å². The lowest BCUT2D eigenvalue weighted by atomic mass is 10.1. The molecule has 3 heterocycles. The highest BCUT2D eigenvalue weighted by Crippen LogP contribution is 2.38. The average molecular weight is 501 g/mol. The minimum absolute atomic E-state index is 0.150. The molecule has 1 aliphatic rings. The van der Waals surface area contributed by atoms with Crippen molar-refractivity contribution in [2.24, 2.45) is 0 Å². The third-order valence-corrected chi connectivity index (χ3v) is 6.97. The highest BCUT2D eigenvalue weighted by Gasteiger charge is 2.20. The first kappa shape index (κ1) is 25.1. The molecule has 2 aromatic heterocycles. The minimum atomic E-state index is -0.150. The van der Waals surface area contributed by atoms with Crippen LogP contribution in [0.5, 0.6) is 11.5 Å². The molecule has 0 saturated heterocycles. The van der Waals surface area contributed by atoms with Crippen LogP contribution in [0.4, 0.5) is 0 Å². The summed E-state index contributed by atoms with van der Waals surface area (Å²) < 4.78 is 11.1. The average Bonchev–Trinajstić information content (AvgIpc) is 3.55. The molecule has 7 nitrogen and oxygen atoms in total. The molecule has 37 heavy (non-hydrogen) atoms. The van der Waals surface area contributed by atoms with Crippen molar-refractivity contribution in [3.8, 4) is 22.8 Å². The van der Waals surface area contributed by atoms with E-state index < -0.39 is 0 Å². The second-order valence-electron chi connectivity index (χ2n) is 9.68. The van der Waals surface area contributed by atoms with Gasteiger partial charge in [0, 0.05) is 28.4 Å². The third kappa shape index (κ3) is 5.57. The van der Waals surface area contributed by atoms with Crippen LogP contribution in [0.3, 0.4) is 0 Å². The standard InChI is InChI=1S/C30H36N4O3/c1-3-5-15-34(16-6-4-2)17-9-14-31-30(35)25-19-23-22-10-7-8-11-24(22)32-29(23)28(33-25)21-12-13-26-27(18-21)37-20-36-26/h7-8,10-13,18-19,32H,3-6,9,14-17,20H2,1-2H3,(H,31,35). The van der Waals surface area contributed by atoms with E-state index in [1.807, 2.05) is 42.5 Å². The number of aromatic nitrogens is 2. The molecule has 5 rings (SSSR count). The maximum Gasteiger partial charge on any atom is 0.269 e. The lowest BCUT2D eigenvalue weighted by molar-refractivity contribution is 0.0947. The molecule has 0 saturated carbocycles. The van der Waals surface area contributed by atoms with Gasteiger partial charge in [-0.15, -0.1) is 0 Å². The molecule has 0 unspecified atom stereocenters. The van der Waals surface area contributed by atoms with Crippen LogP contribution in [0.15, 0.2) is 48.5 Å². The molecule has 0 atom stereocenters. The van der Waals surface area contributed by atoms with Crippen molar-refractivity contribution in [2.75, 3.05) is 33.0 Å². The van der Waals surface area contributed by atoms with E-state index in [-0.39, 0.29) is 12.7 Å². The fraction of sp³-hybridized carbons (Fsp3) is 0.400. The van der Waals surface area contributed by atoms with Gasteiger partial charge >= 0.3 is 0 Å². The number of benzene rings is 2. The topological polar surface area (TPSA) is 79.5 Å². The summed E-state index contributed by atoms with van der Waals surface area (Å²) >= 11 is 0. The summed E-state index contributed by atoms with van der Waals surface area (Å²) in [7, 11) is 0. The van der Waals surface area contributed by atoms with Gasteiger partial charge in [0.25, 0.3) is 5.91 Å². The Morgan fingerprint density at radius 1 is 0.946 bits per heavy atom. The Balaban J connectivity index is 1.38. The largest absolute Gasteiger partial charge is 0.454 e. The fourth-order valence-electron chi connectivity index (χ4n) is 4.91. The van der Waals surface area contributed by atoms with Crippen LogP contribution < -0.4 is 14.8 Å². The molecule has 4 aromatic rings. The van der Waals surface area contributed by atoms with Gasteiger partial charge in [-0.2, -0.15) is 0 Å². The summed E-state index contributed by atoms with van der Waals surface area (Å²) in [6, 6.07) is 15.8. The van der Waals surface area contributed by atoms with E-state index in [4.69, 9.17) is 14.5 Å². The molecule has 1 amide bonds. The molecule has 1 aliphatic heterocycles. The van der Waals surface area contributed by atoms with Crippen LogP contribution in [0.1, 0.15) is 56.4 Å². The molecule has 0 fully saturated rings. The number of unbranched alkanes of at least 4 members (excludes halogenated alkanes) is 2. The number of hydrogen-bond donors (Lipinski definition) is 2. The Bertz CT molecular complexity index is 1370. The number of nitrogens with one attached hydrogen (secondary N) is 2. The van der Waals surface area contributed by atoms with Gasteiger partial charge in [-0.3, -0.25) is 4.79 Å². The van der Waals surface area contributed by atoms with Crippen LogP contribution >= 0.6 is 0 Å². The predicted octanol–water partition coefficient (Wildman–Crippen LogP) is 6.13. The molecule has 2 aromatic carbocycles. The molecule has 7 heteroatoms. The second kappa shape index (κ2) is 11.6. The molecule has 0 radical (unpaired) electrons.